The van der Waals surface area contributed by atoms with Gasteiger partial charge in [-0.1, -0.05) is 0 Å². The molecule has 0 saturated carbocycles. The fraction of sp³-hybridized carbons (Fsp3) is 1.00. The van der Waals surface area contributed by atoms with Crippen molar-refractivity contribution in [2.75, 3.05) is 19.8 Å². The minimum absolute atomic E-state index is 0.154. The van der Waals surface area contributed by atoms with E-state index in [1.54, 1.807) is 0 Å². The Hall–Kier alpha value is -0.160. The zero-order chi connectivity index (χ0) is 8.81. The lowest BCUT2D eigenvalue weighted by molar-refractivity contribution is -0.177. The molecule has 4 heteroatoms. The maximum absolute atomic E-state index is 8.96. The standard InChI is InChI=1S/C8H16O4/c9-5-7(10)6-12-8-3-1-2-4-11-8/h7-10H,1-6H2/t7-,8?/m1/s1. The minimum atomic E-state index is -0.782. The molecule has 0 amide bonds. The Kier molecular flexibility index (Phi) is 4.53. The summed E-state index contributed by atoms with van der Waals surface area (Å²) in [5, 5.41) is 17.5. The molecule has 4 nitrogen and oxygen atoms in total. The van der Waals surface area contributed by atoms with Gasteiger partial charge in [-0.15, -0.1) is 0 Å². The lowest BCUT2D eigenvalue weighted by atomic mass is 10.2. The molecule has 1 saturated heterocycles. The summed E-state index contributed by atoms with van der Waals surface area (Å²) in [5.74, 6) is 0. The molecule has 0 aromatic carbocycles. The molecular formula is C8H16O4. The number of rotatable bonds is 4. The average molecular weight is 176 g/mol. The topological polar surface area (TPSA) is 58.9 Å². The zero-order valence-electron chi connectivity index (χ0n) is 7.11. The van der Waals surface area contributed by atoms with Gasteiger partial charge >= 0.3 is 0 Å². The summed E-state index contributed by atoms with van der Waals surface area (Å²) in [4.78, 5) is 0. The van der Waals surface area contributed by atoms with E-state index in [0.717, 1.165) is 25.9 Å². The van der Waals surface area contributed by atoms with Crippen molar-refractivity contribution >= 4 is 0 Å². The molecule has 0 aromatic rings. The Balaban J connectivity index is 2.05. The van der Waals surface area contributed by atoms with Gasteiger partial charge in [0.2, 0.25) is 0 Å². The van der Waals surface area contributed by atoms with E-state index in [2.05, 4.69) is 0 Å². The minimum Gasteiger partial charge on any atom is -0.394 e. The van der Waals surface area contributed by atoms with Crippen LogP contribution in [0, 0.1) is 0 Å². The molecule has 0 aliphatic carbocycles. The van der Waals surface area contributed by atoms with Crippen LogP contribution in [0.2, 0.25) is 0 Å². The summed E-state index contributed by atoms with van der Waals surface area (Å²) in [5.41, 5.74) is 0. The van der Waals surface area contributed by atoms with Gasteiger partial charge < -0.3 is 19.7 Å². The third kappa shape index (κ3) is 3.49. The molecule has 1 aliphatic rings. The molecule has 0 radical (unpaired) electrons. The Morgan fingerprint density at radius 3 is 2.92 bits per heavy atom. The van der Waals surface area contributed by atoms with E-state index in [-0.39, 0.29) is 19.5 Å². The van der Waals surface area contributed by atoms with Crippen molar-refractivity contribution < 1.29 is 19.7 Å². The molecule has 1 heterocycles. The van der Waals surface area contributed by atoms with Gasteiger partial charge in [-0.25, -0.2) is 0 Å². The molecule has 0 bridgehead atoms. The molecule has 72 valence electrons. The first-order chi connectivity index (χ1) is 5.83. The second kappa shape index (κ2) is 5.48. The van der Waals surface area contributed by atoms with Crippen LogP contribution in [0.25, 0.3) is 0 Å². The zero-order valence-corrected chi connectivity index (χ0v) is 7.11. The van der Waals surface area contributed by atoms with Gasteiger partial charge in [0.25, 0.3) is 0 Å². The Labute approximate surface area is 72.1 Å². The number of hydrogen-bond donors (Lipinski definition) is 2. The van der Waals surface area contributed by atoms with Crippen LogP contribution in [0.5, 0.6) is 0 Å². The Morgan fingerprint density at radius 2 is 2.33 bits per heavy atom. The van der Waals surface area contributed by atoms with Gasteiger partial charge in [-0.3, -0.25) is 0 Å². The van der Waals surface area contributed by atoms with Gasteiger partial charge in [0.05, 0.1) is 13.2 Å². The SMILES string of the molecule is OC[C@@H](O)COC1CCCCO1. The third-order valence-corrected chi connectivity index (χ3v) is 1.82. The molecule has 1 rings (SSSR count). The summed E-state index contributed by atoms with van der Waals surface area (Å²) >= 11 is 0. The van der Waals surface area contributed by atoms with Gasteiger partial charge in [0.15, 0.2) is 6.29 Å². The van der Waals surface area contributed by atoms with Crippen LogP contribution < -0.4 is 0 Å². The van der Waals surface area contributed by atoms with E-state index in [0.29, 0.717) is 0 Å². The highest BCUT2D eigenvalue weighted by atomic mass is 16.7. The lowest BCUT2D eigenvalue weighted by Gasteiger charge is -2.23. The van der Waals surface area contributed by atoms with E-state index < -0.39 is 6.10 Å². The van der Waals surface area contributed by atoms with Crippen LogP contribution in [0.15, 0.2) is 0 Å². The number of aliphatic hydroxyl groups excluding tert-OH is 2. The highest BCUT2D eigenvalue weighted by Crippen LogP contribution is 2.13. The fourth-order valence-corrected chi connectivity index (χ4v) is 1.11. The quantitative estimate of drug-likeness (QED) is 0.627. The van der Waals surface area contributed by atoms with Crippen molar-refractivity contribution in [1.29, 1.82) is 0 Å². The maximum atomic E-state index is 8.96. The second-order valence-electron chi connectivity index (χ2n) is 2.97. The predicted molar refractivity (Wildman–Crippen MR) is 42.6 cm³/mol. The van der Waals surface area contributed by atoms with Crippen LogP contribution in [-0.4, -0.2) is 42.4 Å². The number of aliphatic hydroxyl groups is 2. The highest BCUT2D eigenvalue weighted by molar-refractivity contribution is 4.56. The van der Waals surface area contributed by atoms with E-state index >= 15 is 0 Å². The largest absolute Gasteiger partial charge is 0.394 e. The molecule has 1 unspecified atom stereocenters. The normalized spacial score (nSPS) is 27.0. The number of ether oxygens (including phenoxy) is 2. The maximum Gasteiger partial charge on any atom is 0.157 e. The van der Waals surface area contributed by atoms with Crippen molar-refractivity contribution in [2.45, 2.75) is 31.7 Å². The Bertz CT molecular complexity index is 112. The van der Waals surface area contributed by atoms with Crippen LogP contribution in [0.4, 0.5) is 0 Å². The molecule has 12 heavy (non-hydrogen) atoms. The number of hydrogen-bond acceptors (Lipinski definition) is 4. The van der Waals surface area contributed by atoms with Crippen molar-refractivity contribution in [3.8, 4) is 0 Å². The molecule has 2 atom stereocenters. The van der Waals surface area contributed by atoms with E-state index in [4.69, 9.17) is 19.7 Å². The van der Waals surface area contributed by atoms with E-state index in [9.17, 15) is 0 Å². The summed E-state index contributed by atoms with van der Waals surface area (Å²) in [6.45, 7) is 0.633. The van der Waals surface area contributed by atoms with Gasteiger partial charge in [0.1, 0.15) is 6.10 Å². The highest BCUT2D eigenvalue weighted by Gasteiger charge is 2.15. The van der Waals surface area contributed by atoms with Crippen LogP contribution in [0.3, 0.4) is 0 Å². The van der Waals surface area contributed by atoms with Gasteiger partial charge in [-0.05, 0) is 19.3 Å². The van der Waals surface area contributed by atoms with Crippen molar-refractivity contribution in [3.05, 3.63) is 0 Å². The first kappa shape index (κ1) is 9.92. The summed E-state index contributed by atoms with van der Waals surface area (Å²) in [7, 11) is 0. The molecule has 2 N–H and O–H groups in total. The molecule has 1 fully saturated rings. The van der Waals surface area contributed by atoms with Gasteiger partial charge in [0, 0.05) is 6.61 Å². The molecule has 1 aliphatic heterocycles. The van der Waals surface area contributed by atoms with Gasteiger partial charge in [-0.2, -0.15) is 0 Å². The lowest BCUT2D eigenvalue weighted by Crippen LogP contribution is -2.28. The third-order valence-electron chi connectivity index (χ3n) is 1.82. The average Bonchev–Trinajstić information content (AvgIpc) is 2.16. The van der Waals surface area contributed by atoms with Crippen molar-refractivity contribution in [2.24, 2.45) is 0 Å². The smallest absolute Gasteiger partial charge is 0.157 e. The van der Waals surface area contributed by atoms with Crippen LogP contribution >= 0.6 is 0 Å². The Morgan fingerprint density at radius 1 is 1.50 bits per heavy atom. The van der Waals surface area contributed by atoms with Crippen LogP contribution in [-0.2, 0) is 9.47 Å². The van der Waals surface area contributed by atoms with Crippen molar-refractivity contribution in [3.63, 3.8) is 0 Å². The first-order valence-electron chi connectivity index (χ1n) is 4.35. The second-order valence-corrected chi connectivity index (χ2v) is 2.97. The van der Waals surface area contributed by atoms with E-state index in [1.807, 2.05) is 0 Å². The van der Waals surface area contributed by atoms with Crippen molar-refractivity contribution in [1.82, 2.24) is 0 Å². The summed E-state index contributed by atoms with van der Waals surface area (Å²) < 4.78 is 10.5. The molecular weight excluding hydrogens is 160 g/mol. The fourth-order valence-electron chi connectivity index (χ4n) is 1.11. The summed E-state index contributed by atoms with van der Waals surface area (Å²) in [6.07, 6.45) is 2.12. The molecule has 0 aromatic heterocycles. The first-order valence-corrected chi connectivity index (χ1v) is 4.35. The van der Waals surface area contributed by atoms with Crippen LogP contribution in [0.1, 0.15) is 19.3 Å². The monoisotopic (exact) mass is 176 g/mol. The van der Waals surface area contributed by atoms with E-state index in [1.165, 1.54) is 0 Å². The molecule has 0 spiro atoms. The predicted octanol–water partition coefficient (Wildman–Crippen LogP) is -0.117. The summed E-state index contributed by atoms with van der Waals surface area (Å²) in [6, 6.07) is 0.